The minimum absolute atomic E-state index is 0.0592. The smallest absolute Gasteiger partial charge is 0.211 e. The number of nitrogens with one attached hydrogen (secondary N) is 1. The molecule has 1 aliphatic heterocycles. The Kier molecular flexibility index (Phi) is 4.02. The van der Waals surface area contributed by atoms with Gasteiger partial charge in [-0.05, 0) is 25.0 Å². The van der Waals surface area contributed by atoms with E-state index in [9.17, 15) is 8.42 Å². The van der Waals surface area contributed by atoms with Crippen LogP contribution in [0.1, 0.15) is 18.4 Å². The van der Waals surface area contributed by atoms with E-state index in [-0.39, 0.29) is 6.04 Å². The van der Waals surface area contributed by atoms with Gasteiger partial charge in [-0.3, -0.25) is 0 Å². The lowest BCUT2D eigenvalue weighted by atomic mass is 10.1. The van der Waals surface area contributed by atoms with Crippen molar-refractivity contribution in [3.05, 3.63) is 23.9 Å². The van der Waals surface area contributed by atoms with Crippen LogP contribution >= 0.6 is 0 Å². The van der Waals surface area contributed by atoms with Gasteiger partial charge in [-0.2, -0.15) is 5.26 Å². The summed E-state index contributed by atoms with van der Waals surface area (Å²) < 4.78 is 24.5. The summed E-state index contributed by atoms with van der Waals surface area (Å²) >= 11 is 0. The molecule has 102 valence electrons. The van der Waals surface area contributed by atoms with Crippen LogP contribution in [0.3, 0.4) is 0 Å². The Morgan fingerprint density at radius 2 is 2.32 bits per heavy atom. The Labute approximate surface area is 113 Å². The molecule has 1 unspecified atom stereocenters. The fourth-order valence-electron chi connectivity index (χ4n) is 2.12. The molecule has 7 heteroatoms. The molecule has 0 aliphatic carbocycles. The topological polar surface area (TPSA) is 86.1 Å². The summed E-state index contributed by atoms with van der Waals surface area (Å²) in [6.07, 6.45) is 4.48. The van der Waals surface area contributed by atoms with Crippen LogP contribution in [0.5, 0.6) is 0 Å². The van der Waals surface area contributed by atoms with Crippen molar-refractivity contribution in [1.29, 1.82) is 5.26 Å². The van der Waals surface area contributed by atoms with Gasteiger partial charge in [0.15, 0.2) is 0 Å². The van der Waals surface area contributed by atoms with Crippen molar-refractivity contribution in [2.75, 3.05) is 24.7 Å². The van der Waals surface area contributed by atoms with E-state index in [4.69, 9.17) is 5.26 Å². The lowest BCUT2D eigenvalue weighted by molar-refractivity contribution is 0.329. The quantitative estimate of drug-likeness (QED) is 0.884. The molecule has 1 saturated heterocycles. The van der Waals surface area contributed by atoms with E-state index in [2.05, 4.69) is 10.3 Å². The Bertz CT molecular complexity index is 577. The number of nitrogens with zero attached hydrogens (tertiary/aromatic N) is 3. The molecular formula is C12H16N4O2S. The van der Waals surface area contributed by atoms with E-state index in [1.807, 2.05) is 6.07 Å². The zero-order chi connectivity index (χ0) is 13.9. The number of piperidine rings is 1. The molecule has 1 fully saturated rings. The number of rotatable bonds is 3. The molecule has 2 heterocycles. The van der Waals surface area contributed by atoms with Crippen molar-refractivity contribution in [1.82, 2.24) is 9.29 Å². The van der Waals surface area contributed by atoms with Crippen LogP contribution in [0, 0.1) is 11.3 Å². The van der Waals surface area contributed by atoms with Gasteiger partial charge in [0, 0.05) is 25.3 Å². The summed E-state index contributed by atoms with van der Waals surface area (Å²) in [5.74, 6) is 0.666. The van der Waals surface area contributed by atoms with Crippen LogP contribution in [0.4, 0.5) is 5.82 Å². The summed E-state index contributed by atoms with van der Waals surface area (Å²) in [4.78, 5) is 4.13. The fraction of sp³-hybridized carbons (Fsp3) is 0.500. The van der Waals surface area contributed by atoms with Gasteiger partial charge in [0.25, 0.3) is 0 Å². The van der Waals surface area contributed by atoms with E-state index < -0.39 is 10.0 Å². The number of aromatic nitrogens is 1. The third kappa shape index (κ3) is 3.66. The molecule has 1 atom stereocenters. The summed E-state index contributed by atoms with van der Waals surface area (Å²) in [6, 6.07) is 5.49. The average molecular weight is 280 g/mol. The van der Waals surface area contributed by atoms with Gasteiger partial charge in [0.05, 0.1) is 11.8 Å². The van der Waals surface area contributed by atoms with E-state index >= 15 is 0 Å². The van der Waals surface area contributed by atoms with Crippen LogP contribution in [-0.4, -0.2) is 43.1 Å². The second-order valence-corrected chi connectivity index (χ2v) is 6.63. The molecule has 0 saturated carbocycles. The zero-order valence-corrected chi connectivity index (χ0v) is 11.5. The maximum Gasteiger partial charge on any atom is 0.211 e. The first-order valence-electron chi connectivity index (χ1n) is 6.07. The van der Waals surface area contributed by atoms with Gasteiger partial charge in [0.1, 0.15) is 11.9 Å². The molecule has 0 aromatic carbocycles. The molecule has 0 bridgehead atoms. The molecule has 0 radical (unpaired) electrons. The van der Waals surface area contributed by atoms with E-state index in [0.29, 0.717) is 24.5 Å². The lowest BCUT2D eigenvalue weighted by Gasteiger charge is -2.31. The van der Waals surface area contributed by atoms with Crippen LogP contribution < -0.4 is 5.32 Å². The van der Waals surface area contributed by atoms with Crippen molar-refractivity contribution in [2.24, 2.45) is 0 Å². The fourth-order valence-corrected chi connectivity index (χ4v) is 3.03. The van der Waals surface area contributed by atoms with E-state index in [1.165, 1.54) is 16.8 Å². The monoisotopic (exact) mass is 280 g/mol. The number of hydrogen-bond donors (Lipinski definition) is 1. The molecule has 1 aliphatic rings. The highest BCUT2D eigenvalue weighted by molar-refractivity contribution is 7.88. The number of nitriles is 1. The maximum absolute atomic E-state index is 11.5. The van der Waals surface area contributed by atoms with Crippen molar-refractivity contribution >= 4 is 15.8 Å². The molecule has 19 heavy (non-hydrogen) atoms. The Morgan fingerprint density at radius 1 is 1.53 bits per heavy atom. The second-order valence-electron chi connectivity index (χ2n) is 4.65. The van der Waals surface area contributed by atoms with Crippen molar-refractivity contribution in [3.63, 3.8) is 0 Å². The predicted octanol–water partition coefficient (Wildman–Crippen LogP) is 0.789. The van der Waals surface area contributed by atoms with Gasteiger partial charge >= 0.3 is 0 Å². The number of pyridine rings is 1. The predicted molar refractivity (Wildman–Crippen MR) is 72.0 cm³/mol. The molecular weight excluding hydrogens is 264 g/mol. The highest BCUT2D eigenvalue weighted by atomic mass is 32.2. The number of sulfonamides is 1. The average Bonchev–Trinajstić information content (AvgIpc) is 2.39. The highest BCUT2D eigenvalue weighted by Gasteiger charge is 2.25. The van der Waals surface area contributed by atoms with Crippen LogP contribution in [0.15, 0.2) is 18.3 Å². The van der Waals surface area contributed by atoms with Gasteiger partial charge in [0.2, 0.25) is 10.0 Å². The molecule has 6 nitrogen and oxygen atoms in total. The summed E-state index contributed by atoms with van der Waals surface area (Å²) in [7, 11) is -3.13. The zero-order valence-electron chi connectivity index (χ0n) is 10.7. The minimum atomic E-state index is -3.13. The third-order valence-electron chi connectivity index (χ3n) is 3.10. The summed E-state index contributed by atoms with van der Waals surface area (Å²) in [6.45, 7) is 1.04. The first kappa shape index (κ1) is 13.8. The van der Waals surface area contributed by atoms with Crippen molar-refractivity contribution < 1.29 is 8.42 Å². The SMILES string of the molecule is CS(=O)(=O)N1CCCC(Nc2ccc(C#N)cn2)C1. The molecule has 1 N–H and O–H groups in total. The van der Waals surface area contributed by atoms with Crippen LogP contribution in [0.25, 0.3) is 0 Å². The second kappa shape index (κ2) is 5.55. The summed E-state index contributed by atoms with van der Waals surface area (Å²) in [5, 5.41) is 11.9. The standard InChI is InChI=1S/C12H16N4O2S/c1-19(17,18)16-6-2-3-11(9-16)15-12-5-4-10(7-13)8-14-12/h4-5,8,11H,2-3,6,9H2,1H3,(H,14,15). The molecule has 0 spiro atoms. The third-order valence-corrected chi connectivity index (χ3v) is 4.37. The first-order chi connectivity index (χ1) is 8.99. The first-order valence-corrected chi connectivity index (χ1v) is 7.91. The summed E-state index contributed by atoms with van der Waals surface area (Å²) in [5.41, 5.74) is 0.506. The Balaban J connectivity index is 2.01. The van der Waals surface area contributed by atoms with Gasteiger partial charge < -0.3 is 5.32 Å². The number of hydrogen-bond acceptors (Lipinski definition) is 5. The largest absolute Gasteiger partial charge is 0.366 e. The lowest BCUT2D eigenvalue weighted by Crippen LogP contribution is -2.44. The van der Waals surface area contributed by atoms with Crippen molar-refractivity contribution in [2.45, 2.75) is 18.9 Å². The van der Waals surface area contributed by atoms with Crippen molar-refractivity contribution in [3.8, 4) is 6.07 Å². The normalized spacial score (nSPS) is 20.7. The molecule has 0 amide bonds. The Morgan fingerprint density at radius 3 is 2.89 bits per heavy atom. The van der Waals surface area contributed by atoms with Gasteiger partial charge in [-0.1, -0.05) is 0 Å². The molecule has 1 aromatic heterocycles. The minimum Gasteiger partial charge on any atom is -0.366 e. The van der Waals surface area contributed by atoms with E-state index in [0.717, 1.165) is 12.8 Å². The van der Waals surface area contributed by atoms with Crippen LogP contribution in [0.2, 0.25) is 0 Å². The molecule has 2 rings (SSSR count). The van der Waals surface area contributed by atoms with E-state index in [1.54, 1.807) is 12.1 Å². The van der Waals surface area contributed by atoms with Crippen LogP contribution in [-0.2, 0) is 10.0 Å². The molecule has 1 aromatic rings. The maximum atomic E-state index is 11.5. The number of anilines is 1. The van der Waals surface area contributed by atoms with Gasteiger partial charge in [-0.25, -0.2) is 17.7 Å². The van der Waals surface area contributed by atoms with Gasteiger partial charge in [-0.15, -0.1) is 0 Å². The highest BCUT2D eigenvalue weighted by Crippen LogP contribution is 2.16. The Hall–Kier alpha value is -1.65.